The lowest BCUT2D eigenvalue weighted by Gasteiger charge is -2.36. The van der Waals surface area contributed by atoms with Gasteiger partial charge in [-0.15, -0.1) is 11.3 Å². The van der Waals surface area contributed by atoms with Crippen molar-refractivity contribution in [1.82, 2.24) is 14.5 Å². The molecule has 2 heterocycles. The van der Waals surface area contributed by atoms with Gasteiger partial charge in [0.2, 0.25) is 5.91 Å². The predicted molar refractivity (Wildman–Crippen MR) is 90.3 cm³/mol. The van der Waals surface area contributed by atoms with Crippen molar-refractivity contribution in [2.75, 3.05) is 26.2 Å². The molecule has 1 aromatic rings. The van der Waals surface area contributed by atoms with Gasteiger partial charge in [-0.2, -0.15) is 4.31 Å². The SMILES string of the molecule is CC(C(=O)NC1CC1)N1CCN(S(=O)(=O)c2ccc(Cl)s2)CC1. The second kappa shape index (κ2) is 6.68. The van der Waals surface area contributed by atoms with E-state index in [2.05, 4.69) is 5.32 Å². The van der Waals surface area contributed by atoms with Crippen LogP contribution in [0.1, 0.15) is 19.8 Å². The van der Waals surface area contributed by atoms with Crippen molar-refractivity contribution in [2.45, 2.75) is 36.1 Å². The Hall–Kier alpha value is -0.670. The number of rotatable bonds is 5. The van der Waals surface area contributed by atoms with Gasteiger partial charge in [0.15, 0.2) is 0 Å². The van der Waals surface area contributed by atoms with E-state index in [1.165, 1.54) is 4.31 Å². The summed E-state index contributed by atoms with van der Waals surface area (Å²) < 4.78 is 27.3. The molecule has 0 spiro atoms. The van der Waals surface area contributed by atoms with Crippen molar-refractivity contribution in [3.05, 3.63) is 16.5 Å². The first kappa shape index (κ1) is 17.2. The Bertz CT molecular complexity index is 679. The van der Waals surface area contributed by atoms with Gasteiger partial charge in [-0.25, -0.2) is 8.42 Å². The van der Waals surface area contributed by atoms with Crippen LogP contribution in [0.15, 0.2) is 16.3 Å². The highest BCUT2D eigenvalue weighted by Gasteiger charge is 2.33. The molecule has 2 aliphatic rings. The van der Waals surface area contributed by atoms with Gasteiger partial charge in [0.25, 0.3) is 10.0 Å². The van der Waals surface area contributed by atoms with Crippen LogP contribution in [0.5, 0.6) is 0 Å². The molecule has 0 radical (unpaired) electrons. The zero-order valence-electron chi connectivity index (χ0n) is 12.9. The fraction of sp³-hybridized carbons (Fsp3) is 0.643. The van der Waals surface area contributed by atoms with E-state index in [9.17, 15) is 13.2 Å². The molecule has 1 amide bonds. The summed E-state index contributed by atoms with van der Waals surface area (Å²) in [6.07, 6.45) is 2.13. The number of nitrogens with one attached hydrogen (secondary N) is 1. The van der Waals surface area contributed by atoms with Crippen LogP contribution in [0.25, 0.3) is 0 Å². The third-order valence-electron chi connectivity index (χ3n) is 4.27. The average molecular weight is 378 g/mol. The van der Waals surface area contributed by atoms with E-state index in [1.54, 1.807) is 12.1 Å². The van der Waals surface area contributed by atoms with Gasteiger partial charge in [0, 0.05) is 32.2 Å². The first-order valence-corrected chi connectivity index (χ1v) is 10.3. The summed E-state index contributed by atoms with van der Waals surface area (Å²) in [5.41, 5.74) is 0. The van der Waals surface area contributed by atoms with Gasteiger partial charge in [0.05, 0.1) is 10.4 Å². The van der Waals surface area contributed by atoms with Crippen molar-refractivity contribution in [3.8, 4) is 0 Å². The first-order valence-electron chi connectivity index (χ1n) is 7.68. The molecule has 0 aromatic carbocycles. The topological polar surface area (TPSA) is 69.7 Å². The summed E-state index contributed by atoms with van der Waals surface area (Å²) in [7, 11) is -3.48. The molecule has 1 N–H and O–H groups in total. The molecule has 2 fully saturated rings. The minimum atomic E-state index is -3.48. The van der Waals surface area contributed by atoms with Crippen LogP contribution in [0.2, 0.25) is 4.34 Å². The number of amides is 1. The maximum absolute atomic E-state index is 12.5. The second-order valence-electron chi connectivity index (χ2n) is 5.96. The molecule has 23 heavy (non-hydrogen) atoms. The van der Waals surface area contributed by atoms with Gasteiger partial charge < -0.3 is 5.32 Å². The number of nitrogens with zero attached hydrogens (tertiary/aromatic N) is 2. The predicted octanol–water partition coefficient (Wildman–Crippen LogP) is 1.37. The van der Waals surface area contributed by atoms with Crippen LogP contribution < -0.4 is 5.32 Å². The van der Waals surface area contributed by atoms with Crippen LogP contribution in [0, 0.1) is 0 Å². The number of halogens is 1. The molecule has 3 rings (SSSR count). The lowest BCUT2D eigenvalue weighted by atomic mass is 10.2. The Balaban J connectivity index is 1.58. The number of hydrogen-bond donors (Lipinski definition) is 1. The van der Waals surface area contributed by atoms with Crippen LogP contribution in [0.3, 0.4) is 0 Å². The zero-order chi connectivity index (χ0) is 16.6. The number of carbonyl (C=O) groups excluding carboxylic acids is 1. The second-order valence-corrected chi connectivity index (χ2v) is 9.84. The first-order chi connectivity index (χ1) is 10.9. The van der Waals surface area contributed by atoms with E-state index < -0.39 is 10.0 Å². The molecule has 1 aliphatic heterocycles. The lowest BCUT2D eigenvalue weighted by molar-refractivity contribution is -0.126. The summed E-state index contributed by atoms with van der Waals surface area (Å²) in [6.45, 7) is 3.76. The molecular weight excluding hydrogens is 358 g/mol. The highest BCUT2D eigenvalue weighted by molar-refractivity contribution is 7.91. The summed E-state index contributed by atoms with van der Waals surface area (Å²) in [6, 6.07) is 3.26. The molecule has 1 saturated carbocycles. The van der Waals surface area contributed by atoms with E-state index in [0.717, 1.165) is 24.2 Å². The molecule has 0 bridgehead atoms. The summed E-state index contributed by atoms with van der Waals surface area (Å²) in [5.74, 6) is 0.0360. The minimum Gasteiger partial charge on any atom is -0.352 e. The van der Waals surface area contributed by atoms with Gasteiger partial charge in [0.1, 0.15) is 4.21 Å². The fourth-order valence-electron chi connectivity index (χ4n) is 2.61. The monoisotopic (exact) mass is 377 g/mol. The smallest absolute Gasteiger partial charge is 0.252 e. The number of sulfonamides is 1. The van der Waals surface area contributed by atoms with Crippen LogP contribution in [-0.4, -0.2) is 61.8 Å². The Morgan fingerprint density at radius 2 is 1.96 bits per heavy atom. The van der Waals surface area contributed by atoms with Crippen LogP contribution >= 0.6 is 22.9 Å². The number of piperazine rings is 1. The van der Waals surface area contributed by atoms with Crippen molar-refractivity contribution in [1.29, 1.82) is 0 Å². The molecular formula is C14H20ClN3O3S2. The Kier molecular flexibility index (Phi) is 4.98. The summed E-state index contributed by atoms with van der Waals surface area (Å²) in [4.78, 5) is 14.1. The third-order valence-corrected chi connectivity index (χ3v) is 7.86. The van der Waals surface area contributed by atoms with Gasteiger partial charge in [-0.1, -0.05) is 11.6 Å². The van der Waals surface area contributed by atoms with Gasteiger partial charge >= 0.3 is 0 Å². The average Bonchev–Trinajstić information content (AvgIpc) is 3.23. The highest BCUT2D eigenvalue weighted by atomic mass is 35.5. The quantitative estimate of drug-likeness (QED) is 0.841. The lowest BCUT2D eigenvalue weighted by Crippen LogP contribution is -2.55. The molecule has 1 aliphatic carbocycles. The minimum absolute atomic E-state index is 0.0360. The molecule has 1 atom stereocenters. The van der Waals surface area contributed by atoms with E-state index in [0.29, 0.717) is 36.6 Å². The summed E-state index contributed by atoms with van der Waals surface area (Å²) in [5, 5.41) is 3.00. The van der Waals surface area contributed by atoms with Crippen LogP contribution in [0.4, 0.5) is 0 Å². The van der Waals surface area contributed by atoms with E-state index in [4.69, 9.17) is 11.6 Å². The Morgan fingerprint density at radius 3 is 2.48 bits per heavy atom. The standard InChI is InChI=1S/C14H20ClN3O3S2/c1-10(14(19)16-11-2-3-11)17-6-8-18(9-7-17)23(20,21)13-5-4-12(15)22-13/h4-5,10-11H,2-3,6-9H2,1H3,(H,16,19). The van der Waals surface area contributed by atoms with Crippen molar-refractivity contribution in [3.63, 3.8) is 0 Å². The molecule has 128 valence electrons. The van der Waals surface area contributed by atoms with Gasteiger partial charge in [-0.05, 0) is 31.9 Å². The van der Waals surface area contributed by atoms with Crippen LogP contribution in [-0.2, 0) is 14.8 Å². The number of carbonyl (C=O) groups is 1. The van der Waals surface area contributed by atoms with E-state index >= 15 is 0 Å². The molecule has 1 saturated heterocycles. The van der Waals surface area contributed by atoms with Gasteiger partial charge in [-0.3, -0.25) is 9.69 Å². The third kappa shape index (κ3) is 3.88. The fourth-order valence-corrected chi connectivity index (χ4v) is 5.67. The largest absolute Gasteiger partial charge is 0.352 e. The molecule has 1 aromatic heterocycles. The maximum Gasteiger partial charge on any atom is 0.252 e. The van der Waals surface area contributed by atoms with Crippen molar-refractivity contribution in [2.24, 2.45) is 0 Å². The normalized spacial score (nSPS) is 22.0. The molecule has 1 unspecified atom stereocenters. The number of hydrogen-bond acceptors (Lipinski definition) is 5. The Labute approximate surface area is 145 Å². The maximum atomic E-state index is 12.5. The molecule has 6 nitrogen and oxygen atoms in total. The van der Waals surface area contributed by atoms with Crippen molar-refractivity contribution < 1.29 is 13.2 Å². The highest BCUT2D eigenvalue weighted by Crippen LogP contribution is 2.28. The Morgan fingerprint density at radius 1 is 1.30 bits per heavy atom. The van der Waals surface area contributed by atoms with E-state index in [-0.39, 0.29) is 16.2 Å². The van der Waals surface area contributed by atoms with Crippen molar-refractivity contribution >= 4 is 38.9 Å². The number of thiophene rings is 1. The zero-order valence-corrected chi connectivity index (χ0v) is 15.3. The van der Waals surface area contributed by atoms with E-state index in [1.807, 2.05) is 11.8 Å². The summed E-state index contributed by atoms with van der Waals surface area (Å²) >= 11 is 6.91. The molecule has 9 heteroatoms.